The number of aromatic nitrogens is 2. The minimum atomic E-state index is -1.11. The van der Waals surface area contributed by atoms with Crippen LogP contribution in [0.3, 0.4) is 0 Å². The van der Waals surface area contributed by atoms with Crippen molar-refractivity contribution in [2.75, 3.05) is 11.9 Å². The second-order valence-electron chi connectivity index (χ2n) is 3.62. The number of fused-ring (bicyclic) bond motifs is 1. The van der Waals surface area contributed by atoms with E-state index in [1.807, 2.05) is 0 Å². The van der Waals surface area contributed by atoms with E-state index in [9.17, 15) is 9.59 Å². The third kappa shape index (κ3) is 2.89. The van der Waals surface area contributed by atoms with Gasteiger partial charge in [0, 0.05) is 24.1 Å². The van der Waals surface area contributed by atoms with Gasteiger partial charge in [0.2, 0.25) is 0 Å². The molecule has 0 atom stereocenters. The molecule has 0 aliphatic carbocycles. The molecule has 0 spiro atoms. The van der Waals surface area contributed by atoms with Gasteiger partial charge in [-0.1, -0.05) is 12.7 Å². The fraction of sp³-hybridized carbons (Fsp3) is 0.0833. The van der Waals surface area contributed by atoms with Gasteiger partial charge in [-0.25, -0.2) is 14.6 Å². The third-order valence-electron chi connectivity index (χ3n) is 2.26. The van der Waals surface area contributed by atoms with Crippen molar-refractivity contribution >= 4 is 23.4 Å². The number of hydrogen-bond donors (Lipinski definition) is 2. The number of aromatic carboxylic acids is 1. The van der Waals surface area contributed by atoms with Crippen molar-refractivity contribution < 1.29 is 19.4 Å². The molecule has 7 nitrogen and oxygen atoms in total. The second-order valence-corrected chi connectivity index (χ2v) is 3.62. The van der Waals surface area contributed by atoms with E-state index in [1.165, 1.54) is 12.3 Å². The van der Waals surface area contributed by atoms with Crippen molar-refractivity contribution in [2.45, 2.75) is 0 Å². The number of ether oxygens (including phenoxy) is 1. The van der Waals surface area contributed by atoms with Crippen LogP contribution in [0.25, 0.3) is 5.65 Å². The highest BCUT2D eigenvalue weighted by atomic mass is 16.5. The summed E-state index contributed by atoms with van der Waals surface area (Å²) in [6.45, 7) is 3.54. The monoisotopic (exact) mass is 261 g/mol. The number of carbonyl (C=O) groups is 2. The summed E-state index contributed by atoms with van der Waals surface area (Å²) >= 11 is 0. The average molecular weight is 261 g/mol. The maximum absolute atomic E-state index is 11.3. The Bertz CT molecular complexity index is 647. The molecule has 0 radical (unpaired) electrons. The Kier molecular flexibility index (Phi) is 3.46. The first kappa shape index (κ1) is 12.6. The van der Waals surface area contributed by atoms with Gasteiger partial charge in [0.1, 0.15) is 12.3 Å². The summed E-state index contributed by atoms with van der Waals surface area (Å²) < 4.78 is 6.31. The van der Waals surface area contributed by atoms with Gasteiger partial charge in [-0.15, -0.1) is 0 Å². The number of imidazole rings is 1. The summed E-state index contributed by atoms with van der Waals surface area (Å²) in [5.41, 5.74) is 0.814. The molecule has 98 valence electrons. The fourth-order valence-corrected chi connectivity index (χ4v) is 1.45. The van der Waals surface area contributed by atoms with Gasteiger partial charge < -0.3 is 14.2 Å². The van der Waals surface area contributed by atoms with Gasteiger partial charge in [0.25, 0.3) is 0 Å². The number of carboxylic acid groups (broad SMARTS) is 1. The highest BCUT2D eigenvalue weighted by molar-refractivity contribution is 5.87. The molecule has 0 bridgehead atoms. The number of pyridine rings is 1. The van der Waals surface area contributed by atoms with Crippen LogP contribution in [-0.2, 0) is 4.74 Å². The number of nitrogens with one attached hydrogen (secondary N) is 1. The minimum Gasteiger partial charge on any atom is -0.476 e. The predicted molar refractivity (Wildman–Crippen MR) is 67.3 cm³/mol. The van der Waals surface area contributed by atoms with Gasteiger partial charge in [0.05, 0.1) is 0 Å². The number of nitrogens with zero attached hydrogens (tertiary/aromatic N) is 2. The Morgan fingerprint density at radius 1 is 1.58 bits per heavy atom. The Hall–Kier alpha value is -2.83. The zero-order chi connectivity index (χ0) is 13.8. The number of carboxylic acids is 1. The van der Waals surface area contributed by atoms with E-state index < -0.39 is 12.1 Å². The molecule has 2 aromatic heterocycles. The Labute approximate surface area is 108 Å². The zero-order valence-corrected chi connectivity index (χ0v) is 9.87. The SMILES string of the molecule is C=CCOC(=O)Nc1ccn2cc(C(=O)O)nc2c1. The van der Waals surface area contributed by atoms with E-state index in [0.29, 0.717) is 11.3 Å². The second kappa shape index (κ2) is 5.21. The standard InChI is InChI=1S/C12H11N3O4/c1-2-5-19-12(18)13-8-3-4-15-7-9(11(16)17)14-10(15)6-8/h2-4,6-7H,1,5H2,(H,13,18)(H,16,17). The largest absolute Gasteiger partial charge is 0.476 e. The lowest BCUT2D eigenvalue weighted by Crippen LogP contribution is -2.13. The molecule has 0 saturated heterocycles. The molecular formula is C12H11N3O4. The van der Waals surface area contributed by atoms with Crippen LogP contribution in [0, 0.1) is 0 Å². The molecule has 7 heteroatoms. The van der Waals surface area contributed by atoms with Crippen LogP contribution in [-0.4, -0.2) is 33.2 Å². The molecule has 19 heavy (non-hydrogen) atoms. The van der Waals surface area contributed by atoms with Crippen molar-refractivity contribution in [1.82, 2.24) is 9.38 Å². The van der Waals surface area contributed by atoms with Crippen LogP contribution in [0.1, 0.15) is 10.5 Å². The Balaban J connectivity index is 2.19. The maximum Gasteiger partial charge on any atom is 0.411 e. The first-order valence-corrected chi connectivity index (χ1v) is 5.37. The third-order valence-corrected chi connectivity index (χ3v) is 2.26. The van der Waals surface area contributed by atoms with E-state index in [-0.39, 0.29) is 12.3 Å². The first-order chi connectivity index (χ1) is 9.10. The zero-order valence-electron chi connectivity index (χ0n) is 9.87. The lowest BCUT2D eigenvalue weighted by molar-refractivity contribution is 0.0691. The molecule has 2 N–H and O–H groups in total. The van der Waals surface area contributed by atoms with Crippen LogP contribution in [0.5, 0.6) is 0 Å². The van der Waals surface area contributed by atoms with Crippen LogP contribution < -0.4 is 5.32 Å². The topological polar surface area (TPSA) is 92.9 Å². The molecule has 0 saturated carbocycles. The first-order valence-electron chi connectivity index (χ1n) is 5.37. The van der Waals surface area contributed by atoms with Crippen LogP contribution >= 0.6 is 0 Å². The summed E-state index contributed by atoms with van der Waals surface area (Å²) in [6, 6.07) is 3.15. The normalized spacial score (nSPS) is 10.1. The molecule has 0 aliphatic heterocycles. The van der Waals surface area contributed by atoms with Gasteiger partial charge >= 0.3 is 12.1 Å². The smallest absolute Gasteiger partial charge is 0.411 e. The molecule has 0 fully saturated rings. The lowest BCUT2D eigenvalue weighted by Gasteiger charge is -2.05. The quantitative estimate of drug-likeness (QED) is 0.818. The summed E-state index contributed by atoms with van der Waals surface area (Å²) in [7, 11) is 0. The number of anilines is 1. The van der Waals surface area contributed by atoms with Crippen molar-refractivity contribution in [3.8, 4) is 0 Å². The Morgan fingerprint density at radius 3 is 3.05 bits per heavy atom. The van der Waals surface area contributed by atoms with Crippen molar-refractivity contribution in [3.05, 3.63) is 42.9 Å². The molecule has 0 aliphatic rings. The molecule has 2 aromatic rings. The van der Waals surface area contributed by atoms with Crippen molar-refractivity contribution in [2.24, 2.45) is 0 Å². The Morgan fingerprint density at radius 2 is 2.37 bits per heavy atom. The predicted octanol–water partition coefficient (Wildman–Crippen LogP) is 1.77. The highest BCUT2D eigenvalue weighted by Gasteiger charge is 2.09. The summed E-state index contributed by atoms with van der Waals surface area (Å²) in [5, 5.41) is 11.3. The molecular weight excluding hydrogens is 250 g/mol. The van der Waals surface area contributed by atoms with E-state index >= 15 is 0 Å². The van der Waals surface area contributed by atoms with Gasteiger partial charge in [-0.3, -0.25) is 5.32 Å². The fourth-order valence-electron chi connectivity index (χ4n) is 1.45. The molecule has 2 heterocycles. The van der Waals surface area contributed by atoms with Crippen LogP contribution in [0.4, 0.5) is 10.5 Å². The van der Waals surface area contributed by atoms with Crippen molar-refractivity contribution in [3.63, 3.8) is 0 Å². The number of rotatable bonds is 4. The summed E-state index contributed by atoms with van der Waals surface area (Å²) in [5.74, 6) is -1.11. The number of hydrogen-bond acceptors (Lipinski definition) is 4. The maximum atomic E-state index is 11.3. The van der Waals surface area contributed by atoms with E-state index in [2.05, 4.69) is 16.9 Å². The van der Waals surface area contributed by atoms with Crippen LogP contribution in [0.15, 0.2) is 37.2 Å². The number of carbonyl (C=O) groups excluding carboxylic acids is 1. The molecule has 0 aromatic carbocycles. The van der Waals surface area contributed by atoms with Crippen molar-refractivity contribution in [1.29, 1.82) is 0 Å². The minimum absolute atomic E-state index is 0.0635. The summed E-state index contributed by atoms with van der Waals surface area (Å²) in [6.07, 6.45) is 3.82. The van der Waals surface area contributed by atoms with E-state index in [1.54, 1.807) is 22.7 Å². The van der Waals surface area contributed by atoms with Gasteiger partial charge in [-0.05, 0) is 6.07 Å². The van der Waals surface area contributed by atoms with Gasteiger partial charge in [0.15, 0.2) is 5.69 Å². The van der Waals surface area contributed by atoms with E-state index in [0.717, 1.165) is 0 Å². The highest BCUT2D eigenvalue weighted by Crippen LogP contribution is 2.12. The average Bonchev–Trinajstić information content (AvgIpc) is 2.79. The summed E-state index contributed by atoms with van der Waals surface area (Å²) in [4.78, 5) is 26.0. The lowest BCUT2D eigenvalue weighted by atomic mass is 10.4. The van der Waals surface area contributed by atoms with E-state index in [4.69, 9.17) is 9.84 Å². The van der Waals surface area contributed by atoms with Gasteiger partial charge in [-0.2, -0.15) is 0 Å². The number of amides is 1. The molecule has 0 unspecified atom stereocenters. The molecule has 1 amide bonds. The molecule has 2 rings (SSSR count). The van der Waals surface area contributed by atoms with Crippen LogP contribution in [0.2, 0.25) is 0 Å².